The molecule has 0 heterocycles. The predicted octanol–water partition coefficient (Wildman–Crippen LogP) is 4.89. The second-order valence-electron chi connectivity index (χ2n) is 4.16. The molecule has 0 bridgehead atoms. The van der Waals surface area contributed by atoms with Gasteiger partial charge in [0.1, 0.15) is 17.3 Å². The van der Waals surface area contributed by atoms with E-state index in [0.29, 0.717) is 0 Å². The minimum absolute atomic E-state index is 0.0543. The first-order valence-corrected chi connectivity index (χ1v) is 6.54. The van der Waals surface area contributed by atoms with Gasteiger partial charge in [-0.15, -0.1) is 0 Å². The molecule has 0 radical (unpaired) electrons. The average Bonchev–Trinajstić information content (AvgIpc) is 2.41. The van der Waals surface area contributed by atoms with Crippen molar-refractivity contribution in [1.29, 1.82) is 0 Å². The number of aliphatic hydroxyl groups is 1. The fraction of sp³-hybridized carbons (Fsp3) is 0.143. The quantitative estimate of drug-likeness (QED) is 0.785. The Bertz CT molecular complexity index is 656. The lowest BCUT2D eigenvalue weighted by molar-refractivity contribution is -0.138. The Morgan fingerprint density at radius 1 is 1.05 bits per heavy atom. The number of alkyl halides is 3. The van der Waals surface area contributed by atoms with Crippen LogP contribution in [0.1, 0.15) is 11.1 Å². The maximum Gasteiger partial charge on any atom is 0.419 e. The van der Waals surface area contributed by atoms with E-state index in [1.165, 1.54) is 12.1 Å². The second kappa shape index (κ2) is 6.03. The number of hydrogen-bond donors (Lipinski definition) is 1. The molecule has 0 atom stereocenters. The third-order valence-corrected chi connectivity index (χ3v) is 3.27. The van der Waals surface area contributed by atoms with Crippen LogP contribution in [0.2, 0.25) is 0 Å². The van der Waals surface area contributed by atoms with Crippen molar-refractivity contribution in [3.63, 3.8) is 0 Å². The third-order valence-electron chi connectivity index (χ3n) is 2.65. The highest BCUT2D eigenvalue weighted by molar-refractivity contribution is 9.10. The highest BCUT2D eigenvalue weighted by Crippen LogP contribution is 2.40. The summed E-state index contributed by atoms with van der Waals surface area (Å²) in [7, 11) is 0. The van der Waals surface area contributed by atoms with Crippen LogP contribution in [0.3, 0.4) is 0 Å². The van der Waals surface area contributed by atoms with Crippen LogP contribution < -0.4 is 4.74 Å². The number of hydrogen-bond acceptors (Lipinski definition) is 2. The van der Waals surface area contributed by atoms with E-state index in [9.17, 15) is 17.6 Å². The first kappa shape index (κ1) is 15.8. The molecule has 0 amide bonds. The fourth-order valence-electron chi connectivity index (χ4n) is 1.66. The van der Waals surface area contributed by atoms with Crippen LogP contribution >= 0.6 is 15.9 Å². The summed E-state index contributed by atoms with van der Waals surface area (Å²) >= 11 is 3.02. The summed E-state index contributed by atoms with van der Waals surface area (Å²) in [6.07, 6.45) is -4.63. The molecule has 0 spiro atoms. The third kappa shape index (κ3) is 3.74. The summed E-state index contributed by atoms with van der Waals surface area (Å²) in [5.74, 6) is -0.911. The predicted molar refractivity (Wildman–Crippen MR) is 71.5 cm³/mol. The summed E-state index contributed by atoms with van der Waals surface area (Å²) in [6, 6.07) is 6.64. The summed E-state index contributed by atoms with van der Waals surface area (Å²) in [5, 5.41) is 8.93. The van der Waals surface area contributed by atoms with Gasteiger partial charge in [-0.1, -0.05) is 6.07 Å². The molecule has 2 aromatic rings. The van der Waals surface area contributed by atoms with Gasteiger partial charge in [0, 0.05) is 0 Å². The zero-order valence-corrected chi connectivity index (χ0v) is 12.0. The number of ether oxygens (including phenoxy) is 1. The number of benzene rings is 2. The number of halogens is 5. The maximum absolute atomic E-state index is 13.0. The molecule has 1 N–H and O–H groups in total. The van der Waals surface area contributed by atoms with Crippen molar-refractivity contribution in [1.82, 2.24) is 0 Å². The number of rotatable bonds is 3. The topological polar surface area (TPSA) is 29.5 Å². The van der Waals surface area contributed by atoms with Crippen LogP contribution in [0.25, 0.3) is 0 Å². The Kier molecular flexibility index (Phi) is 4.53. The smallest absolute Gasteiger partial charge is 0.419 e. The lowest BCUT2D eigenvalue weighted by atomic mass is 10.1. The molecule has 2 aromatic carbocycles. The normalized spacial score (nSPS) is 11.5. The van der Waals surface area contributed by atoms with Gasteiger partial charge >= 0.3 is 6.18 Å². The minimum Gasteiger partial charge on any atom is -0.456 e. The zero-order valence-electron chi connectivity index (χ0n) is 10.4. The van der Waals surface area contributed by atoms with E-state index in [1.807, 2.05) is 0 Å². The molecule has 0 aliphatic heterocycles. The molecule has 0 fully saturated rings. The molecule has 0 aromatic heterocycles. The van der Waals surface area contributed by atoms with Crippen LogP contribution in [0.15, 0.2) is 40.9 Å². The SMILES string of the molecule is OCc1ccc(Oc2ccc(F)cc2Br)c(C(F)(F)F)c1. The van der Waals surface area contributed by atoms with E-state index in [4.69, 9.17) is 9.84 Å². The van der Waals surface area contributed by atoms with Crippen molar-refractivity contribution in [3.05, 3.63) is 57.8 Å². The summed E-state index contributed by atoms with van der Waals surface area (Å²) in [4.78, 5) is 0. The van der Waals surface area contributed by atoms with E-state index < -0.39 is 29.9 Å². The van der Waals surface area contributed by atoms with E-state index in [0.717, 1.165) is 24.3 Å². The lowest BCUT2D eigenvalue weighted by Crippen LogP contribution is -2.08. The summed E-state index contributed by atoms with van der Waals surface area (Å²) < 4.78 is 57.4. The molecule has 0 aliphatic rings. The van der Waals surface area contributed by atoms with Crippen LogP contribution in [0, 0.1) is 5.82 Å². The van der Waals surface area contributed by atoms with Crippen molar-refractivity contribution in [2.75, 3.05) is 0 Å². The van der Waals surface area contributed by atoms with Crippen molar-refractivity contribution < 1.29 is 27.4 Å². The van der Waals surface area contributed by atoms with Gasteiger partial charge < -0.3 is 9.84 Å². The molecule has 112 valence electrons. The highest BCUT2D eigenvalue weighted by atomic mass is 79.9. The van der Waals surface area contributed by atoms with Gasteiger partial charge in [-0.2, -0.15) is 13.2 Å². The van der Waals surface area contributed by atoms with Gasteiger partial charge in [0.2, 0.25) is 0 Å². The molecule has 0 saturated heterocycles. The average molecular weight is 365 g/mol. The Hall–Kier alpha value is -1.60. The molecule has 2 rings (SSSR count). The molecular weight excluding hydrogens is 356 g/mol. The van der Waals surface area contributed by atoms with Gasteiger partial charge in [-0.25, -0.2) is 4.39 Å². The molecule has 7 heteroatoms. The molecule has 0 saturated carbocycles. The van der Waals surface area contributed by atoms with E-state index in [-0.39, 0.29) is 15.8 Å². The molecule has 0 aliphatic carbocycles. The Labute approximate surface area is 126 Å². The minimum atomic E-state index is -4.63. The van der Waals surface area contributed by atoms with Crippen LogP contribution in [-0.4, -0.2) is 5.11 Å². The lowest BCUT2D eigenvalue weighted by Gasteiger charge is -2.15. The molecule has 2 nitrogen and oxygen atoms in total. The van der Waals surface area contributed by atoms with E-state index >= 15 is 0 Å². The van der Waals surface area contributed by atoms with Crippen LogP contribution in [0.4, 0.5) is 17.6 Å². The van der Waals surface area contributed by atoms with Crippen molar-refractivity contribution >= 4 is 15.9 Å². The van der Waals surface area contributed by atoms with Crippen molar-refractivity contribution in [3.8, 4) is 11.5 Å². The molecule has 21 heavy (non-hydrogen) atoms. The van der Waals surface area contributed by atoms with E-state index in [2.05, 4.69) is 15.9 Å². The highest BCUT2D eigenvalue weighted by Gasteiger charge is 2.35. The standard InChI is InChI=1S/C14H9BrF4O2/c15-11-6-9(16)2-4-13(11)21-12-3-1-8(7-20)5-10(12)14(17,18)19/h1-6,20H,7H2. The summed E-state index contributed by atoms with van der Waals surface area (Å²) in [6.45, 7) is -0.510. The number of aliphatic hydroxyl groups excluding tert-OH is 1. The first-order valence-electron chi connectivity index (χ1n) is 5.75. The Morgan fingerprint density at radius 2 is 1.71 bits per heavy atom. The zero-order chi connectivity index (χ0) is 15.6. The Morgan fingerprint density at radius 3 is 2.29 bits per heavy atom. The first-order chi connectivity index (χ1) is 9.81. The van der Waals surface area contributed by atoms with Gasteiger partial charge in [-0.3, -0.25) is 0 Å². The summed E-state index contributed by atoms with van der Waals surface area (Å²) in [5.41, 5.74) is -0.891. The maximum atomic E-state index is 13.0. The van der Waals surface area contributed by atoms with Gasteiger partial charge in [-0.05, 0) is 51.8 Å². The van der Waals surface area contributed by atoms with E-state index in [1.54, 1.807) is 0 Å². The van der Waals surface area contributed by atoms with Crippen LogP contribution in [0.5, 0.6) is 11.5 Å². The van der Waals surface area contributed by atoms with Crippen molar-refractivity contribution in [2.24, 2.45) is 0 Å². The second-order valence-corrected chi connectivity index (χ2v) is 5.02. The van der Waals surface area contributed by atoms with Gasteiger partial charge in [0.05, 0.1) is 16.6 Å². The monoisotopic (exact) mass is 364 g/mol. The van der Waals surface area contributed by atoms with Crippen molar-refractivity contribution in [2.45, 2.75) is 12.8 Å². The van der Waals surface area contributed by atoms with Crippen LogP contribution in [-0.2, 0) is 12.8 Å². The van der Waals surface area contributed by atoms with Gasteiger partial charge in [0.25, 0.3) is 0 Å². The fourth-order valence-corrected chi connectivity index (χ4v) is 2.09. The largest absolute Gasteiger partial charge is 0.456 e. The van der Waals surface area contributed by atoms with Gasteiger partial charge in [0.15, 0.2) is 0 Å². The molecule has 0 unspecified atom stereocenters. The molecular formula is C14H9BrF4O2. The Balaban J connectivity index is 2.44.